The van der Waals surface area contributed by atoms with Crippen LogP contribution in [0.5, 0.6) is 0 Å². The molecule has 7 heteroatoms. The van der Waals surface area contributed by atoms with Crippen LogP contribution in [0.3, 0.4) is 0 Å². The number of anilines is 2. The zero-order chi connectivity index (χ0) is 15.6. The standard InChI is InChI=1S/C14H24N4O2S/c1-4-17(5-2)13-16-11(15)10(21-13)12(19)18-8-6-7-14(3,20)9-18/h20H,4-9,15H2,1-3H3. The number of piperidine rings is 1. The summed E-state index contributed by atoms with van der Waals surface area (Å²) in [5.41, 5.74) is 5.12. The highest BCUT2D eigenvalue weighted by molar-refractivity contribution is 7.18. The van der Waals surface area contributed by atoms with Crippen LogP contribution in [-0.4, -0.2) is 52.7 Å². The third kappa shape index (κ3) is 3.47. The molecule has 0 radical (unpaired) electrons. The molecule has 1 fully saturated rings. The van der Waals surface area contributed by atoms with Gasteiger partial charge < -0.3 is 20.6 Å². The Hall–Kier alpha value is -1.34. The fraction of sp³-hybridized carbons (Fsp3) is 0.714. The van der Waals surface area contributed by atoms with Crippen LogP contribution in [0.25, 0.3) is 0 Å². The van der Waals surface area contributed by atoms with Crippen molar-refractivity contribution in [3.05, 3.63) is 4.88 Å². The number of aromatic nitrogens is 1. The van der Waals surface area contributed by atoms with Crippen LogP contribution in [0.2, 0.25) is 0 Å². The van der Waals surface area contributed by atoms with Crippen molar-refractivity contribution in [3.8, 4) is 0 Å². The van der Waals surface area contributed by atoms with Gasteiger partial charge in [-0.05, 0) is 33.6 Å². The maximum absolute atomic E-state index is 12.6. The van der Waals surface area contributed by atoms with Crippen molar-refractivity contribution in [3.63, 3.8) is 0 Å². The third-order valence-electron chi connectivity index (χ3n) is 3.83. The van der Waals surface area contributed by atoms with Gasteiger partial charge in [-0.1, -0.05) is 11.3 Å². The van der Waals surface area contributed by atoms with Crippen LogP contribution >= 0.6 is 11.3 Å². The molecule has 0 spiro atoms. The average molecular weight is 312 g/mol. The lowest BCUT2D eigenvalue weighted by Crippen LogP contribution is -2.48. The Bertz CT molecular complexity index is 511. The topological polar surface area (TPSA) is 82.7 Å². The number of hydrogen-bond donors (Lipinski definition) is 2. The van der Waals surface area contributed by atoms with Crippen LogP contribution < -0.4 is 10.6 Å². The van der Waals surface area contributed by atoms with Gasteiger partial charge >= 0.3 is 0 Å². The van der Waals surface area contributed by atoms with E-state index < -0.39 is 5.60 Å². The summed E-state index contributed by atoms with van der Waals surface area (Å²) in [5.74, 6) is 0.167. The lowest BCUT2D eigenvalue weighted by molar-refractivity contribution is -0.0105. The zero-order valence-corrected chi connectivity index (χ0v) is 13.7. The van der Waals surface area contributed by atoms with E-state index in [-0.39, 0.29) is 11.7 Å². The molecule has 2 heterocycles. The summed E-state index contributed by atoms with van der Waals surface area (Å²) in [6.07, 6.45) is 1.53. The second-order valence-corrected chi connectivity index (χ2v) is 6.69. The first-order valence-electron chi connectivity index (χ1n) is 7.41. The number of amides is 1. The fourth-order valence-electron chi connectivity index (χ4n) is 2.64. The van der Waals surface area contributed by atoms with Crippen molar-refractivity contribution >= 4 is 28.2 Å². The molecule has 118 valence electrons. The zero-order valence-electron chi connectivity index (χ0n) is 12.9. The highest BCUT2D eigenvalue weighted by atomic mass is 32.1. The van der Waals surface area contributed by atoms with Gasteiger partial charge in [0.2, 0.25) is 0 Å². The molecule has 0 bridgehead atoms. The first kappa shape index (κ1) is 16.0. The number of nitrogens with zero attached hydrogens (tertiary/aromatic N) is 3. The number of carbonyl (C=O) groups is 1. The molecular weight excluding hydrogens is 288 g/mol. The Morgan fingerprint density at radius 3 is 2.76 bits per heavy atom. The second-order valence-electron chi connectivity index (χ2n) is 5.71. The van der Waals surface area contributed by atoms with Crippen molar-refractivity contribution in [2.75, 3.05) is 36.8 Å². The molecule has 1 amide bonds. The summed E-state index contributed by atoms with van der Waals surface area (Å²) in [6, 6.07) is 0. The number of nitrogen functional groups attached to an aromatic ring is 1. The summed E-state index contributed by atoms with van der Waals surface area (Å²) < 4.78 is 0. The molecule has 1 aromatic heterocycles. The van der Waals surface area contributed by atoms with Crippen LogP contribution in [0.15, 0.2) is 0 Å². The van der Waals surface area contributed by atoms with Gasteiger partial charge in [-0.3, -0.25) is 4.79 Å². The first-order chi connectivity index (χ1) is 9.88. The van der Waals surface area contributed by atoms with E-state index in [1.807, 2.05) is 13.8 Å². The van der Waals surface area contributed by atoms with Gasteiger partial charge in [-0.15, -0.1) is 0 Å². The molecule has 0 aromatic carbocycles. The van der Waals surface area contributed by atoms with Crippen LogP contribution in [-0.2, 0) is 0 Å². The normalized spacial score (nSPS) is 22.4. The van der Waals surface area contributed by atoms with E-state index in [4.69, 9.17) is 5.73 Å². The molecule has 0 aliphatic carbocycles. The number of likely N-dealkylation sites (tertiary alicyclic amines) is 1. The summed E-state index contributed by atoms with van der Waals surface area (Å²) >= 11 is 1.34. The van der Waals surface area contributed by atoms with E-state index >= 15 is 0 Å². The minimum Gasteiger partial charge on any atom is -0.388 e. The van der Waals surface area contributed by atoms with Crippen LogP contribution in [0.1, 0.15) is 43.3 Å². The van der Waals surface area contributed by atoms with Gasteiger partial charge in [0.25, 0.3) is 5.91 Å². The molecule has 0 saturated carbocycles. The fourth-order valence-corrected chi connectivity index (χ4v) is 3.72. The van der Waals surface area contributed by atoms with E-state index in [0.717, 1.165) is 31.1 Å². The Balaban J connectivity index is 2.19. The number of β-amino-alcohol motifs (C(OH)–C–C–N with tert-alkyl or cyclic N) is 1. The predicted molar refractivity (Wildman–Crippen MR) is 85.8 cm³/mol. The number of nitrogens with two attached hydrogens (primary N) is 1. The lowest BCUT2D eigenvalue weighted by Gasteiger charge is -2.36. The average Bonchev–Trinajstić information content (AvgIpc) is 2.80. The van der Waals surface area contributed by atoms with Gasteiger partial charge in [0.05, 0.1) is 5.60 Å². The quantitative estimate of drug-likeness (QED) is 0.881. The van der Waals surface area contributed by atoms with Crippen molar-refractivity contribution in [1.82, 2.24) is 9.88 Å². The number of carbonyl (C=O) groups excluding carboxylic acids is 1. The molecule has 21 heavy (non-hydrogen) atoms. The van der Waals surface area contributed by atoms with Crippen LogP contribution in [0, 0.1) is 0 Å². The minimum absolute atomic E-state index is 0.122. The van der Waals surface area contributed by atoms with Crippen LogP contribution in [0.4, 0.5) is 10.9 Å². The molecule has 1 aliphatic heterocycles. The minimum atomic E-state index is -0.810. The number of rotatable bonds is 4. The lowest BCUT2D eigenvalue weighted by atomic mass is 9.95. The van der Waals surface area contributed by atoms with Gasteiger partial charge in [0.15, 0.2) is 5.13 Å². The molecule has 1 aliphatic rings. The second kappa shape index (κ2) is 6.19. The summed E-state index contributed by atoms with van der Waals surface area (Å²) in [5, 5.41) is 10.9. The van der Waals surface area contributed by atoms with Gasteiger partial charge in [-0.25, -0.2) is 4.98 Å². The van der Waals surface area contributed by atoms with Crippen molar-refractivity contribution in [2.45, 2.75) is 39.2 Å². The maximum Gasteiger partial charge on any atom is 0.267 e. The predicted octanol–water partition coefficient (Wildman–Crippen LogP) is 1.56. The molecule has 6 nitrogen and oxygen atoms in total. The van der Waals surface area contributed by atoms with Gasteiger partial charge in [0, 0.05) is 26.2 Å². The highest BCUT2D eigenvalue weighted by Crippen LogP contribution is 2.31. The van der Waals surface area contributed by atoms with Gasteiger partial charge in [-0.2, -0.15) is 0 Å². The van der Waals surface area contributed by atoms with E-state index in [1.54, 1.807) is 11.8 Å². The molecule has 1 aromatic rings. The highest BCUT2D eigenvalue weighted by Gasteiger charge is 2.33. The number of hydrogen-bond acceptors (Lipinski definition) is 6. The summed E-state index contributed by atoms with van der Waals surface area (Å²) in [7, 11) is 0. The number of thiazole rings is 1. The first-order valence-corrected chi connectivity index (χ1v) is 8.22. The van der Waals surface area contributed by atoms with Crippen molar-refractivity contribution in [1.29, 1.82) is 0 Å². The van der Waals surface area contributed by atoms with Crippen molar-refractivity contribution in [2.24, 2.45) is 0 Å². The Morgan fingerprint density at radius 1 is 1.52 bits per heavy atom. The Kier molecular flexibility index (Phi) is 4.73. The van der Waals surface area contributed by atoms with Crippen molar-refractivity contribution < 1.29 is 9.90 Å². The smallest absolute Gasteiger partial charge is 0.267 e. The summed E-state index contributed by atoms with van der Waals surface area (Å²) in [6.45, 7) is 8.53. The van der Waals surface area contributed by atoms with E-state index in [0.29, 0.717) is 18.0 Å². The van der Waals surface area contributed by atoms with E-state index in [9.17, 15) is 9.90 Å². The largest absolute Gasteiger partial charge is 0.388 e. The van der Waals surface area contributed by atoms with E-state index in [2.05, 4.69) is 9.88 Å². The molecule has 3 N–H and O–H groups in total. The Labute approximate surface area is 129 Å². The number of aliphatic hydroxyl groups is 1. The Morgan fingerprint density at radius 2 is 2.19 bits per heavy atom. The SMILES string of the molecule is CCN(CC)c1nc(N)c(C(=O)N2CCCC(C)(O)C2)s1. The molecule has 1 unspecified atom stereocenters. The van der Waals surface area contributed by atoms with E-state index in [1.165, 1.54) is 11.3 Å². The third-order valence-corrected chi connectivity index (χ3v) is 4.95. The molecule has 1 saturated heterocycles. The molecule has 1 atom stereocenters. The van der Waals surface area contributed by atoms with Gasteiger partial charge in [0.1, 0.15) is 10.7 Å². The summed E-state index contributed by atoms with van der Waals surface area (Å²) in [4.78, 5) is 21.2. The monoisotopic (exact) mass is 312 g/mol. The molecular formula is C14H24N4O2S. The molecule has 2 rings (SSSR count). The maximum atomic E-state index is 12.6.